The van der Waals surface area contributed by atoms with E-state index < -0.39 is 0 Å². The summed E-state index contributed by atoms with van der Waals surface area (Å²) in [4.78, 5) is 26.3. The molecule has 0 amide bonds. The molecular weight excluding hydrogens is 388 g/mol. The van der Waals surface area contributed by atoms with Crippen LogP contribution in [0.1, 0.15) is 12.6 Å². The van der Waals surface area contributed by atoms with E-state index in [2.05, 4.69) is 57.0 Å². The van der Waals surface area contributed by atoms with Crippen molar-refractivity contribution < 1.29 is 0 Å². The number of aromatic nitrogens is 3. The van der Waals surface area contributed by atoms with Crippen LogP contribution in [0.25, 0.3) is 21.9 Å². The second-order valence-corrected chi connectivity index (χ2v) is 7.94. The van der Waals surface area contributed by atoms with Crippen molar-refractivity contribution in [3.8, 4) is 6.07 Å². The number of rotatable bonds is 2. The van der Waals surface area contributed by atoms with Gasteiger partial charge in [0.1, 0.15) is 17.3 Å². The smallest absolute Gasteiger partial charge is 0.252 e. The molecule has 1 atom stereocenters. The Morgan fingerprint density at radius 1 is 1.06 bits per heavy atom. The highest BCUT2D eigenvalue weighted by Gasteiger charge is 2.27. The molecule has 0 N–H and O–H groups in total. The van der Waals surface area contributed by atoms with E-state index in [0.717, 1.165) is 47.4 Å². The van der Waals surface area contributed by atoms with Crippen molar-refractivity contribution in [1.29, 1.82) is 5.26 Å². The van der Waals surface area contributed by atoms with E-state index >= 15 is 0 Å². The first-order chi connectivity index (χ1) is 15.1. The van der Waals surface area contributed by atoms with E-state index in [1.807, 2.05) is 12.3 Å². The standard InChI is InChI=1S/C24H22N6O/c1-16-15-29(20-7-3-5-17-6-4-10-26-23(17)20)11-12-30(16)21-13-22(31)28(2)19-9-8-18(14-25)27-24(19)21/h3-10,13,16H,11-12,15H2,1-2H3/t16-/m0/s1. The number of piperazine rings is 1. The number of aryl methyl sites for hydroxylation is 1. The summed E-state index contributed by atoms with van der Waals surface area (Å²) in [5, 5.41) is 10.4. The molecule has 1 fully saturated rings. The van der Waals surface area contributed by atoms with Crippen LogP contribution in [0.3, 0.4) is 0 Å². The molecule has 0 radical (unpaired) electrons. The molecule has 3 aromatic heterocycles. The summed E-state index contributed by atoms with van der Waals surface area (Å²) in [5.74, 6) is 0. The van der Waals surface area contributed by atoms with Crippen molar-refractivity contribution in [1.82, 2.24) is 14.5 Å². The summed E-state index contributed by atoms with van der Waals surface area (Å²) in [7, 11) is 1.73. The fourth-order valence-corrected chi connectivity index (χ4v) is 4.47. The van der Waals surface area contributed by atoms with Crippen LogP contribution in [0.2, 0.25) is 0 Å². The number of para-hydroxylation sites is 1. The molecule has 0 spiro atoms. The van der Waals surface area contributed by atoms with E-state index in [-0.39, 0.29) is 11.6 Å². The second kappa shape index (κ2) is 7.40. The summed E-state index contributed by atoms with van der Waals surface area (Å²) < 4.78 is 1.58. The Hall–Kier alpha value is -3.92. The van der Waals surface area contributed by atoms with Gasteiger partial charge in [-0.05, 0) is 31.2 Å². The Balaban J connectivity index is 1.53. The van der Waals surface area contributed by atoms with Crippen LogP contribution in [0.5, 0.6) is 0 Å². The third-order valence-corrected chi connectivity index (χ3v) is 6.07. The number of fused-ring (bicyclic) bond motifs is 2. The first kappa shape index (κ1) is 19.1. The summed E-state index contributed by atoms with van der Waals surface area (Å²) in [6, 6.07) is 17.6. The van der Waals surface area contributed by atoms with E-state index in [9.17, 15) is 10.1 Å². The third kappa shape index (κ3) is 3.17. The van der Waals surface area contributed by atoms with Gasteiger partial charge in [-0.25, -0.2) is 4.98 Å². The van der Waals surface area contributed by atoms with Crippen LogP contribution in [-0.2, 0) is 7.05 Å². The Kier molecular flexibility index (Phi) is 4.55. The van der Waals surface area contributed by atoms with Gasteiger partial charge in [-0.2, -0.15) is 5.26 Å². The molecular formula is C24H22N6O. The number of hydrogen-bond acceptors (Lipinski definition) is 6. The maximum Gasteiger partial charge on any atom is 0.252 e. The molecule has 1 aliphatic heterocycles. The van der Waals surface area contributed by atoms with Crippen molar-refractivity contribution in [2.45, 2.75) is 13.0 Å². The average molecular weight is 410 g/mol. The summed E-state index contributed by atoms with van der Waals surface area (Å²) >= 11 is 0. The summed E-state index contributed by atoms with van der Waals surface area (Å²) in [6.07, 6.45) is 1.83. The zero-order chi connectivity index (χ0) is 21.5. The lowest BCUT2D eigenvalue weighted by molar-refractivity contribution is 0.552. The van der Waals surface area contributed by atoms with Crippen LogP contribution in [-0.4, -0.2) is 40.2 Å². The number of pyridine rings is 3. The van der Waals surface area contributed by atoms with Gasteiger partial charge in [0.2, 0.25) is 0 Å². The molecule has 0 aliphatic carbocycles. The minimum atomic E-state index is -0.0816. The molecule has 0 bridgehead atoms. The molecule has 1 saturated heterocycles. The topological polar surface area (TPSA) is 78.0 Å². The number of benzene rings is 1. The molecule has 154 valence electrons. The first-order valence-corrected chi connectivity index (χ1v) is 10.3. The maximum atomic E-state index is 12.6. The van der Waals surface area contributed by atoms with Gasteiger partial charge >= 0.3 is 0 Å². The predicted molar refractivity (Wildman–Crippen MR) is 122 cm³/mol. The average Bonchev–Trinajstić information content (AvgIpc) is 2.81. The molecule has 31 heavy (non-hydrogen) atoms. The Bertz CT molecular complexity index is 1400. The Morgan fingerprint density at radius 2 is 1.90 bits per heavy atom. The van der Waals surface area contributed by atoms with Gasteiger partial charge in [0.05, 0.1) is 22.4 Å². The molecule has 4 aromatic rings. The van der Waals surface area contributed by atoms with E-state index in [0.29, 0.717) is 11.2 Å². The maximum absolute atomic E-state index is 12.6. The van der Waals surface area contributed by atoms with Crippen molar-refractivity contribution in [3.05, 3.63) is 70.8 Å². The van der Waals surface area contributed by atoms with E-state index in [1.165, 1.54) is 0 Å². The van der Waals surface area contributed by atoms with Gasteiger partial charge in [0, 0.05) is 50.4 Å². The molecule has 4 heterocycles. The first-order valence-electron chi connectivity index (χ1n) is 10.3. The van der Waals surface area contributed by atoms with Gasteiger partial charge in [0.15, 0.2) is 0 Å². The fourth-order valence-electron chi connectivity index (χ4n) is 4.47. The second-order valence-electron chi connectivity index (χ2n) is 7.94. The largest absolute Gasteiger partial charge is 0.366 e. The van der Waals surface area contributed by atoms with Crippen LogP contribution in [0.4, 0.5) is 11.4 Å². The third-order valence-electron chi connectivity index (χ3n) is 6.07. The Labute approximate surface area is 179 Å². The SMILES string of the molecule is C[C@H]1CN(c2cccc3cccnc23)CCN1c1cc(=O)n(C)c2ccc(C#N)nc12. The molecule has 7 heteroatoms. The minimum Gasteiger partial charge on any atom is -0.366 e. The Morgan fingerprint density at radius 3 is 2.71 bits per heavy atom. The monoisotopic (exact) mass is 410 g/mol. The van der Waals surface area contributed by atoms with Crippen molar-refractivity contribution in [2.75, 3.05) is 29.4 Å². The lowest BCUT2D eigenvalue weighted by Crippen LogP contribution is -2.52. The van der Waals surface area contributed by atoms with E-state index in [1.54, 1.807) is 29.8 Å². The number of nitrogens with zero attached hydrogens (tertiary/aromatic N) is 6. The highest BCUT2D eigenvalue weighted by atomic mass is 16.1. The molecule has 5 rings (SSSR count). The van der Waals surface area contributed by atoms with Crippen LogP contribution < -0.4 is 15.4 Å². The van der Waals surface area contributed by atoms with Crippen LogP contribution in [0.15, 0.2) is 59.5 Å². The molecule has 1 aromatic carbocycles. The zero-order valence-electron chi connectivity index (χ0n) is 17.5. The molecule has 1 aliphatic rings. The van der Waals surface area contributed by atoms with E-state index in [4.69, 9.17) is 0 Å². The van der Waals surface area contributed by atoms with Crippen molar-refractivity contribution >= 4 is 33.3 Å². The van der Waals surface area contributed by atoms with Gasteiger partial charge < -0.3 is 14.4 Å². The lowest BCUT2D eigenvalue weighted by atomic mass is 10.1. The zero-order valence-corrected chi connectivity index (χ0v) is 17.5. The minimum absolute atomic E-state index is 0.0816. The van der Waals surface area contributed by atoms with Crippen molar-refractivity contribution in [2.24, 2.45) is 7.05 Å². The number of hydrogen-bond donors (Lipinski definition) is 0. The summed E-state index contributed by atoms with van der Waals surface area (Å²) in [5.41, 5.74) is 4.61. The normalized spacial score (nSPS) is 16.6. The number of nitriles is 1. The quantitative estimate of drug-likeness (QED) is 0.505. The van der Waals surface area contributed by atoms with Crippen LogP contribution >= 0.6 is 0 Å². The van der Waals surface area contributed by atoms with Gasteiger partial charge in [-0.15, -0.1) is 0 Å². The number of anilines is 2. The van der Waals surface area contributed by atoms with Gasteiger partial charge in [-0.3, -0.25) is 9.78 Å². The summed E-state index contributed by atoms with van der Waals surface area (Å²) in [6.45, 7) is 4.49. The highest BCUT2D eigenvalue weighted by molar-refractivity contribution is 5.91. The van der Waals surface area contributed by atoms with Crippen LogP contribution in [0, 0.1) is 11.3 Å². The fraction of sp³-hybridized carbons (Fsp3) is 0.250. The molecule has 0 unspecified atom stereocenters. The van der Waals surface area contributed by atoms with Crippen molar-refractivity contribution in [3.63, 3.8) is 0 Å². The van der Waals surface area contributed by atoms with Gasteiger partial charge in [0.25, 0.3) is 5.56 Å². The predicted octanol–water partition coefficient (Wildman–Crippen LogP) is 3.07. The highest BCUT2D eigenvalue weighted by Crippen LogP contribution is 2.31. The molecule has 0 saturated carbocycles. The van der Waals surface area contributed by atoms with Gasteiger partial charge in [-0.1, -0.05) is 18.2 Å². The molecule has 7 nitrogen and oxygen atoms in total. The lowest BCUT2D eigenvalue weighted by Gasteiger charge is -2.42.